The number of hydrogen-bond donors (Lipinski definition) is 0. The number of nitrogens with zero attached hydrogens (tertiary/aromatic N) is 3. The molecule has 1 aromatic carbocycles. The van der Waals surface area contributed by atoms with Crippen molar-refractivity contribution in [1.82, 2.24) is 14.5 Å². The van der Waals surface area contributed by atoms with Crippen molar-refractivity contribution in [3.63, 3.8) is 0 Å². The van der Waals surface area contributed by atoms with E-state index in [0.29, 0.717) is 11.3 Å². The maximum Gasteiger partial charge on any atom is 0.250 e. The van der Waals surface area contributed by atoms with Crippen molar-refractivity contribution in [2.75, 3.05) is 0 Å². The highest BCUT2D eigenvalue weighted by Crippen LogP contribution is 2.40. The molecule has 0 atom stereocenters. The molecule has 0 aliphatic heterocycles. The van der Waals surface area contributed by atoms with E-state index in [1.54, 1.807) is 25.6 Å². The molecule has 1 fully saturated rings. The van der Waals surface area contributed by atoms with E-state index in [0.717, 1.165) is 27.6 Å². The monoisotopic (exact) mass is 375 g/mol. The highest BCUT2D eigenvalue weighted by Gasteiger charge is 2.23. The van der Waals surface area contributed by atoms with Gasteiger partial charge in [-0.1, -0.05) is 12.1 Å². The first kappa shape index (κ1) is 16.3. The van der Waals surface area contributed by atoms with E-state index in [2.05, 4.69) is 28.2 Å². The van der Waals surface area contributed by atoms with Gasteiger partial charge in [-0.2, -0.15) is 0 Å². The van der Waals surface area contributed by atoms with Crippen molar-refractivity contribution in [1.29, 1.82) is 0 Å². The highest BCUT2D eigenvalue weighted by atomic mass is 32.2. The maximum atomic E-state index is 11.6. The topological polar surface area (TPSA) is 60.9 Å². The van der Waals surface area contributed by atoms with Gasteiger partial charge in [-0.05, 0) is 31.0 Å². The molecule has 0 bridgehead atoms. The number of hydrogen-bond acceptors (Lipinski definition) is 5. The minimum atomic E-state index is -0.0553. The Morgan fingerprint density at radius 2 is 2.00 bits per heavy atom. The van der Waals surface area contributed by atoms with Gasteiger partial charge in [-0.25, -0.2) is 9.97 Å². The van der Waals surface area contributed by atoms with E-state index < -0.39 is 0 Å². The summed E-state index contributed by atoms with van der Waals surface area (Å²) in [7, 11) is 1.72. The average Bonchev–Trinajstić information content (AvgIpc) is 3.38. The zero-order valence-corrected chi connectivity index (χ0v) is 15.6. The summed E-state index contributed by atoms with van der Waals surface area (Å²) in [5.41, 5.74) is 4.00. The van der Waals surface area contributed by atoms with Crippen LogP contribution < -0.4 is 5.56 Å². The quantitative estimate of drug-likeness (QED) is 0.525. The van der Waals surface area contributed by atoms with Crippen LogP contribution in [0.25, 0.3) is 33.7 Å². The van der Waals surface area contributed by atoms with Gasteiger partial charge >= 0.3 is 0 Å². The second-order valence-corrected chi connectivity index (χ2v) is 8.13. The third-order valence-corrected chi connectivity index (χ3v) is 5.95. The van der Waals surface area contributed by atoms with Crippen molar-refractivity contribution in [2.24, 2.45) is 7.05 Å². The second-order valence-electron chi connectivity index (χ2n) is 6.76. The molecule has 3 heterocycles. The minimum absolute atomic E-state index is 0.0553. The lowest BCUT2D eigenvalue weighted by Crippen LogP contribution is -2.13. The number of aryl methyl sites for hydroxylation is 1. The Hall–Kier alpha value is -2.86. The van der Waals surface area contributed by atoms with Crippen molar-refractivity contribution in [2.45, 2.75) is 23.0 Å². The lowest BCUT2D eigenvalue weighted by atomic mass is 10.1. The molecule has 5 nitrogen and oxygen atoms in total. The Kier molecular flexibility index (Phi) is 3.86. The first-order valence-electron chi connectivity index (χ1n) is 8.86. The SMILES string of the molecule is Cn1cc(-c2cc3ncnc(-c4cccc(SC5CC5)c4)c3o2)ccc1=O. The molecule has 134 valence electrons. The molecule has 0 saturated heterocycles. The molecule has 27 heavy (non-hydrogen) atoms. The van der Waals surface area contributed by atoms with E-state index in [1.807, 2.05) is 23.9 Å². The first-order chi connectivity index (χ1) is 13.2. The largest absolute Gasteiger partial charge is 0.452 e. The van der Waals surface area contributed by atoms with Gasteiger partial charge in [0.15, 0.2) is 5.58 Å². The lowest BCUT2D eigenvalue weighted by Gasteiger charge is -2.04. The van der Waals surface area contributed by atoms with Crippen LogP contribution >= 0.6 is 11.8 Å². The summed E-state index contributed by atoms with van der Waals surface area (Å²) in [5.74, 6) is 0.672. The molecule has 1 saturated carbocycles. The summed E-state index contributed by atoms with van der Waals surface area (Å²) in [5, 5.41) is 0.755. The fourth-order valence-corrected chi connectivity index (χ4v) is 4.15. The Morgan fingerprint density at radius 3 is 2.81 bits per heavy atom. The Morgan fingerprint density at radius 1 is 1.11 bits per heavy atom. The third kappa shape index (κ3) is 3.17. The van der Waals surface area contributed by atoms with Crippen molar-refractivity contribution < 1.29 is 4.42 Å². The second kappa shape index (κ2) is 6.39. The number of aromatic nitrogens is 3. The molecule has 0 N–H and O–H groups in total. The van der Waals surface area contributed by atoms with E-state index >= 15 is 0 Å². The molecule has 0 amide bonds. The standard InChI is InChI=1S/C21H17N3O2S/c1-24-11-14(5-8-19(24)25)18-10-17-21(26-18)20(23-12-22-17)13-3-2-4-16(9-13)27-15-6-7-15/h2-5,8-12,15H,6-7H2,1H3. The first-order valence-corrected chi connectivity index (χ1v) is 9.74. The smallest absolute Gasteiger partial charge is 0.250 e. The molecule has 3 aromatic heterocycles. The molecule has 1 aliphatic carbocycles. The fraction of sp³-hybridized carbons (Fsp3) is 0.190. The molecule has 1 aliphatic rings. The third-order valence-electron chi connectivity index (χ3n) is 4.62. The summed E-state index contributed by atoms with van der Waals surface area (Å²) in [6.07, 6.45) is 5.93. The van der Waals surface area contributed by atoms with Crippen LogP contribution in [0.2, 0.25) is 0 Å². The normalized spacial score (nSPS) is 14.0. The number of benzene rings is 1. The van der Waals surface area contributed by atoms with Gasteiger partial charge in [0.05, 0.1) is 0 Å². The van der Waals surface area contributed by atoms with E-state index in [1.165, 1.54) is 28.4 Å². The molecule has 5 rings (SSSR count). The fourth-order valence-electron chi connectivity index (χ4n) is 3.04. The summed E-state index contributed by atoms with van der Waals surface area (Å²) in [6.45, 7) is 0. The number of thioether (sulfide) groups is 1. The number of rotatable bonds is 4. The summed E-state index contributed by atoms with van der Waals surface area (Å²) in [4.78, 5) is 21.7. The van der Waals surface area contributed by atoms with Gasteiger partial charge < -0.3 is 8.98 Å². The minimum Gasteiger partial charge on any atom is -0.452 e. The molecular weight excluding hydrogens is 358 g/mol. The average molecular weight is 375 g/mol. The van der Waals surface area contributed by atoms with Gasteiger partial charge in [0.1, 0.15) is 23.3 Å². The van der Waals surface area contributed by atoms with E-state index in [9.17, 15) is 4.79 Å². The van der Waals surface area contributed by atoms with Crippen LogP contribution in [0, 0.1) is 0 Å². The molecule has 6 heteroatoms. The van der Waals surface area contributed by atoms with Crippen LogP contribution in [0.1, 0.15) is 12.8 Å². The number of furan rings is 1. The van der Waals surface area contributed by atoms with Crippen LogP contribution in [-0.4, -0.2) is 19.8 Å². The Bertz CT molecular complexity index is 1210. The van der Waals surface area contributed by atoms with E-state index in [4.69, 9.17) is 4.42 Å². The molecule has 0 radical (unpaired) electrons. The van der Waals surface area contributed by atoms with Crippen LogP contribution in [0.5, 0.6) is 0 Å². The molecule has 0 spiro atoms. The van der Waals surface area contributed by atoms with Crippen LogP contribution in [0.3, 0.4) is 0 Å². The zero-order valence-electron chi connectivity index (χ0n) is 14.8. The van der Waals surface area contributed by atoms with Crippen molar-refractivity contribution in [3.8, 4) is 22.6 Å². The number of pyridine rings is 1. The predicted octanol–water partition coefficient (Wildman–Crippen LogP) is 4.51. The van der Waals surface area contributed by atoms with Crippen LogP contribution in [-0.2, 0) is 7.05 Å². The molecule has 0 unspecified atom stereocenters. The summed E-state index contributed by atoms with van der Waals surface area (Å²) >= 11 is 1.92. The Labute approximate surface area is 160 Å². The van der Waals surface area contributed by atoms with Crippen LogP contribution in [0.4, 0.5) is 0 Å². The highest BCUT2D eigenvalue weighted by molar-refractivity contribution is 8.00. The van der Waals surface area contributed by atoms with Crippen molar-refractivity contribution in [3.05, 3.63) is 65.3 Å². The van der Waals surface area contributed by atoms with Gasteiger partial charge in [0.25, 0.3) is 0 Å². The maximum absolute atomic E-state index is 11.6. The van der Waals surface area contributed by atoms with Gasteiger partial charge in [-0.3, -0.25) is 4.79 Å². The predicted molar refractivity (Wildman–Crippen MR) is 107 cm³/mol. The van der Waals surface area contributed by atoms with Crippen LogP contribution in [0.15, 0.2) is 69.1 Å². The molecular formula is C21H17N3O2S. The van der Waals surface area contributed by atoms with Gasteiger partial charge in [0, 0.05) is 46.6 Å². The lowest BCUT2D eigenvalue weighted by molar-refractivity contribution is 0.629. The number of fused-ring (bicyclic) bond motifs is 1. The van der Waals surface area contributed by atoms with Gasteiger partial charge in [-0.15, -0.1) is 11.8 Å². The summed E-state index contributed by atoms with van der Waals surface area (Å²) < 4.78 is 7.66. The van der Waals surface area contributed by atoms with Gasteiger partial charge in [0.2, 0.25) is 5.56 Å². The Balaban J connectivity index is 1.60. The van der Waals surface area contributed by atoms with Crippen molar-refractivity contribution >= 4 is 22.9 Å². The summed E-state index contributed by atoms with van der Waals surface area (Å²) in [6, 6.07) is 13.6. The zero-order chi connectivity index (χ0) is 18.4. The molecule has 4 aromatic rings. The van der Waals surface area contributed by atoms with E-state index in [-0.39, 0.29) is 5.56 Å².